The van der Waals surface area contributed by atoms with Crippen LogP contribution in [0.15, 0.2) is 36.5 Å². The lowest BCUT2D eigenvalue weighted by molar-refractivity contribution is 0.164. The van der Waals surface area contributed by atoms with Gasteiger partial charge in [0.15, 0.2) is 0 Å². The molecular weight excluding hydrogens is 198 g/mol. The Hall–Kier alpha value is -1.41. The molecule has 0 spiro atoms. The van der Waals surface area contributed by atoms with E-state index in [4.69, 9.17) is 0 Å². The van der Waals surface area contributed by atoms with Crippen LogP contribution in [0.4, 0.5) is 0 Å². The molecule has 0 aliphatic heterocycles. The van der Waals surface area contributed by atoms with Gasteiger partial charge in [-0.2, -0.15) is 0 Å². The van der Waals surface area contributed by atoms with Crippen molar-refractivity contribution >= 4 is 10.9 Å². The predicted octanol–water partition coefficient (Wildman–Crippen LogP) is 3.46. The second kappa shape index (κ2) is 5.08. The van der Waals surface area contributed by atoms with Crippen LogP contribution < -0.4 is 0 Å². The highest BCUT2D eigenvalue weighted by atomic mass is 16.3. The summed E-state index contributed by atoms with van der Waals surface area (Å²) in [5.41, 5.74) is 1.90. The van der Waals surface area contributed by atoms with E-state index < -0.39 is 0 Å². The Morgan fingerprint density at radius 1 is 1.31 bits per heavy atom. The third kappa shape index (κ3) is 2.39. The Kier molecular flexibility index (Phi) is 3.52. The topological polar surface area (TPSA) is 33.1 Å². The molecule has 1 unspecified atom stereocenters. The number of nitrogens with zero attached hydrogens (tertiary/aromatic N) is 1. The lowest BCUT2D eigenvalue weighted by atomic mass is 10.0. The first kappa shape index (κ1) is 11.1. The molecule has 84 valence electrons. The van der Waals surface area contributed by atoms with E-state index in [0.717, 1.165) is 35.7 Å². The normalized spacial score (nSPS) is 12.9. The number of para-hydroxylation sites is 1. The summed E-state index contributed by atoms with van der Waals surface area (Å²) in [7, 11) is 0. The number of fused-ring (bicyclic) bond motifs is 1. The van der Waals surface area contributed by atoms with E-state index in [9.17, 15) is 5.11 Å². The molecule has 0 amide bonds. The summed E-state index contributed by atoms with van der Waals surface area (Å²) in [6.45, 7) is 2.13. The highest BCUT2D eigenvalue weighted by Crippen LogP contribution is 2.21. The number of hydrogen-bond donors (Lipinski definition) is 1. The zero-order valence-corrected chi connectivity index (χ0v) is 9.56. The Balaban J connectivity index is 2.25. The number of rotatable bonds is 4. The van der Waals surface area contributed by atoms with Gasteiger partial charge in [-0.25, -0.2) is 0 Å². The summed E-state index contributed by atoms with van der Waals surface area (Å²) in [6.07, 6.45) is 4.38. The van der Waals surface area contributed by atoms with E-state index in [0.29, 0.717) is 0 Å². The average Bonchev–Trinajstić information content (AvgIpc) is 2.35. The Morgan fingerprint density at radius 3 is 2.94 bits per heavy atom. The lowest BCUT2D eigenvalue weighted by Gasteiger charge is -2.10. The summed E-state index contributed by atoms with van der Waals surface area (Å²) in [5.74, 6) is 0. The molecule has 0 saturated carbocycles. The highest BCUT2D eigenvalue weighted by molar-refractivity contribution is 5.78. The van der Waals surface area contributed by atoms with E-state index in [-0.39, 0.29) is 6.10 Å². The van der Waals surface area contributed by atoms with Crippen molar-refractivity contribution in [1.29, 1.82) is 0 Å². The van der Waals surface area contributed by atoms with Gasteiger partial charge in [-0.05, 0) is 24.1 Å². The van der Waals surface area contributed by atoms with Gasteiger partial charge in [0, 0.05) is 11.6 Å². The van der Waals surface area contributed by atoms with Crippen molar-refractivity contribution in [2.24, 2.45) is 0 Å². The Labute approximate surface area is 96.0 Å². The quantitative estimate of drug-likeness (QED) is 0.847. The molecule has 0 aliphatic rings. The maximum atomic E-state index is 9.97. The molecule has 0 bridgehead atoms. The number of aromatic nitrogens is 1. The van der Waals surface area contributed by atoms with Crippen molar-refractivity contribution < 1.29 is 5.11 Å². The van der Waals surface area contributed by atoms with Crippen LogP contribution in [0, 0.1) is 0 Å². The molecule has 1 aromatic carbocycles. The van der Waals surface area contributed by atoms with Crippen LogP contribution in [-0.4, -0.2) is 10.1 Å². The van der Waals surface area contributed by atoms with E-state index >= 15 is 0 Å². The number of aliphatic hydroxyl groups excluding tert-OH is 1. The molecule has 2 rings (SSSR count). The number of benzene rings is 1. The number of aliphatic hydroxyl groups is 1. The van der Waals surface area contributed by atoms with Crippen LogP contribution in [0.3, 0.4) is 0 Å². The molecule has 1 N–H and O–H groups in total. The summed E-state index contributed by atoms with van der Waals surface area (Å²) in [4.78, 5) is 4.35. The number of unbranched alkanes of at least 4 members (excludes halogenated alkanes) is 1. The Bertz CT molecular complexity index is 467. The molecule has 2 heteroatoms. The molecular formula is C14H17NO. The largest absolute Gasteiger partial charge is 0.388 e. The minimum atomic E-state index is -0.378. The Morgan fingerprint density at radius 2 is 2.12 bits per heavy atom. The zero-order valence-electron chi connectivity index (χ0n) is 9.56. The zero-order chi connectivity index (χ0) is 11.4. The van der Waals surface area contributed by atoms with Crippen molar-refractivity contribution in [3.05, 3.63) is 42.1 Å². The van der Waals surface area contributed by atoms with Gasteiger partial charge >= 0.3 is 0 Å². The minimum Gasteiger partial charge on any atom is -0.388 e. The van der Waals surface area contributed by atoms with E-state index in [2.05, 4.69) is 11.9 Å². The third-order valence-electron chi connectivity index (χ3n) is 2.83. The van der Waals surface area contributed by atoms with Gasteiger partial charge < -0.3 is 5.11 Å². The highest BCUT2D eigenvalue weighted by Gasteiger charge is 2.07. The summed E-state index contributed by atoms with van der Waals surface area (Å²) >= 11 is 0. The third-order valence-corrected chi connectivity index (χ3v) is 2.83. The molecule has 0 aliphatic carbocycles. The lowest BCUT2D eigenvalue weighted by Crippen LogP contribution is -1.98. The first-order valence-electron chi connectivity index (χ1n) is 5.84. The van der Waals surface area contributed by atoms with Crippen LogP contribution in [0.2, 0.25) is 0 Å². The second-order valence-corrected chi connectivity index (χ2v) is 4.12. The van der Waals surface area contributed by atoms with Crippen LogP contribution in [0.1, 0.15) is 37.9 Å². The van der Waals surface area contributed by atoms with Gasteiger partial charge in [-0.1, -0.05) is 38.0 Å². The minimum absolute atomic E-state index is 0.378. The van der Waals surface area contributed by atoms with Gasteiger partial charge in [0.25, 0.3) is 0 Å². The number of hydrogen-bond acceptors (Lipinski definition) is 2. The maximum absolute atomic E-state index is 9.97. The summed E-state index contributed by atoms with van der Waals surface area (Å²) < 4.78 is 0. The van der Waals surface area contributed by atoms with Crippen molar-refractivity contribution in [1.82, 2.24) is 4.98 Å². The fourth-order valence-electron chi connectivity index (χ4n) is 1.83. The van der Waals surface area contributed by atoms with E-state index in [1.807, 2.05) is 30.3 Å². The number of pyridine rings is 1. The van der Waals surface area contributed by atoms with Gasteiger partial charge in [0.2, 0.25) is 0 Å². The van der Waals surface area contributed by atoms with Gasteiger partial charge in [-0.3, -0.25) is 4.98 Å². The monoisotopic (exact) mass is 215 g/mol. The first-order valence-corrected chi connectivity index (χ1v) is 5.84. The van der Waals surface area contributed by atoms with Crippen molar-refractivity contribution in [3.63, 3.8) is 0 Å². The first-order chi connectivity index (χ1) is 7.81. The smallest absolute Gasteiger partial charge is 0.0805 e. The molecule has 0 radical (unpaired) electrons. The molecule has 16 heavy (non-hydrogen) atoms. The maximum Gasteiger partial charge on any atom is 0.0805 e. The predicted molar refractivity (Wildman–Crippen MR) is 66.2 cm³/mol. The molecule has 1 heterocycles. The van der Waals surface area contributed by atoms with Gasteiger partial charge in [0.1, 0.15) is 0 Å². The van der Waals surface area contributed by atoms with E-state index in [1.165, 1.54) is 0 Å². The standard InChI is InChI=1S/C14H17NO/c1-2-3-8-14(16)12-9-11-6-4-5-7-13(11)15-10-12/h4-7,9-10,14,16H,2-3,8H2,1H3. The van der Waals surface area contributed by atoms with Crippen LogP contribution >= 0.6 is 0 Å². The molecule has 0 saturated heterocycles. The summed E-state index contributed by atoms with van der Waals surface area (Å²) in [6, 6.07) is 10.0. The fraction of sp³-hybridized carbons (Fsp3) is 0.357. The van der Waals surface area contributed by atoms with Crippen LogP contribution in [-0.2, 0) is 0 Å². The van der Waals surface area contributed by atoms with Gasteiger partial charge in [-0.15, -0.1) is 0 Å². The second-order valence-electron chi connectivity index (χ2n) is 4.12. The van der Waals surface area contributed by atoms with Gasteiger partial charge in [0.05, 0.1) is 11.6 Å². The average molecular weight is 215 g/mol. The van der Waals surface area contributed by atoms with Crippen molar-refractivity contribution in [3.8, 4) is 0 Å². The molecule has 0 fully saturated rings. The molecule has 2 nitrogen and oxygen atoms in total. The van der Waals surface area contributed by atoms with Crippen molar-refractivity contribution in [2.45, 2.75) is 32.3 Å². The van der Waals surface area contributed by atoms with Crippen LogP contribution in [0.25, 0.3) is 10.9 Å². The molecule has 1 atom stereocenters. The van der Waals surface area contributed by atoms with Crippen LogP contribution in [0.5, 0.6) is 0 Å². The van der Waals surface area contributed by atoms with E-state index in [1.54, 1.807) is 6.20 Å². The SMILES string of the molecule is CCCCC(O)c1cnc2ccccc2c1. The summed E-state index contributed by atoms with van der Waals surface area (Å²) in [5, 5.41) is 11.1. The molecule has 2 aromatic rings. The molecule has 1 aromatic heterocycles. The fourth-order valence-corrected chi connectivity index (χ4v) is 1.83. The van der Waals surface area contributed by atoms with Crippen molar-refractivity contribution in [2.75, 3.05) is 0 Å².